The molecular weight excluding hydrogens is 410 g/mol. The van der Waals surface area contributed by atoms with E-state index < -0.39 is 30.0 Å². The highest BCUT2D eigenvalue weighted by Crippen LogP contribution is 2.29. The lowest BCUT2D eigenvalue weighted by molar-refractivity contribution is -0.149. The molecule has 1 amide bonds. The number of H-pyrrole nitrogens is 1. The SMILES string of the molecule is Cc1n[nH]c(=O)c2c(NC(=O)COC(=O)C(c3ccc(Cl)cc3)C(C)C)oc(C)c12. The van der Waals surface area contributed by atoms with E-state index >= 15 is 0 Å². The van der Waals surface area contributed by atoms with Gasteiger partial charge in [-0.1, -0.05) is 37.6 Å². The number of hydrogen-bond acceptors (Lipinski definition) is 6. The van der Waals surface area contributed by atoms with Crippen molar-refractivity contribution in [3.05, 3.63) is 56.7 Å². The van der Waals surface area contributed by atoms with Crippen LogP contribution in [0.3, 0.4) is 0 Å². The second-order valence-electron chi connectivity index (χ2n) is 7.30. The minimum atomic E-state index is -0.619. The topological polar surface area (TPSA) is 114 Å². The van der Waals surface area contributed by atoms with Gasteiger partial charge in [-0.15, -0.1) is 0 Å². The molecule has 2 N–H and O–H groups in total. The maximum atomic E-state index is 12.6. The smallest absolute Gasteiger partial charge is 0.314 e. The van der Waals surface area contributed by atoms with Crippen LogP contribution in [0, 0.1) is 19.8 Å². The molecule has 0 aliphatic rings. The molecule has 0 aliphatic heterocycles. The van der Waals surface area contributed by atoms with Gasteiger partial charge >= 0.3 is 5.97 Å². The van der Waals surface area contributed by atoms with Crippen LogP contribution < -0.4 is 10.9 Å². The number of ether oxygens (including phenoxy) is 1. The zero-order valence-electron chi connectivity index (χ0n) is 17.0. The van der Waals surface area contributed by atoms with Gasteiger partial charge in [-0.05, 0) is 37.5 Å². The Hall–Kier alpha value is -3.13. The fraction of sp³-hybridized carbons (Fsp3) is 0.333. The molecule has 0 aliphatic carbocycles. The van der Waals surface area contributed by atoms with E-state index in [1.807, 2.05) is 13.8 Å². The van der Waals surface area contributed by atoms with Crippen LogP contribution in [0.5, 0.6) is 0 Å². The summed E-state index contributed by atoms with van der Waals surface area (Å²) in [4.78, 5) is 37.1. The number of rotatable bonds is 6. The molecule has 0 spiro atoms. The molecule has 1 aromatic carbocycles. The van der Waals surface area contributed by atoms with Crippen LogP contribution in [-0.4, -0.2) is 28.7 Å². The van der Waals surface area contributed by atoms with Crippen molar-refractivity contribution >= 4 is 40.1 Å². The number of aryl methyl sites for hydroxylation is 2. The fourth-order valence-corrected chi connectivity index (χ4v) is 3.51. The summed E-state index contributed by atoms with van der Waals surface area (Å²) in [5.74, 6) is -1.29. The van der Waals surface area contributed by atoms with Gasteiger partial charge in [-0.2, -0.15) is 5.10 Å². The van der Waals surface area contributed by atoms with Crippen LogP contribution in [0.1, 0.15) is 36.8 Å². The average Bonchev–Trinajstić information content (AvgIpc) is 3.01. The van der Waals surface area contributed by atoms with Gasteiger partial charge in [0.15, 0.2) is 6.61 Å². The van der Waals surface area contributed by atoms with Crippen LogP contribution in [0.2, 0.25) is 5.02 Å². The predicted molar refractivity (Wildman–Crippen MR) is 113 cm³/mol. The van der Waals surface area contributed by atoms with E-state index in [2.05, 4.69) is 15.5 Å². The Bertz CT molecular complexity index is 1150. The molecule has 0 fully saturated rings. The zero-order valence-corrected chi connectivity index (χ0v) is 17.8. The van der Waals surface area contributed by atoms with Gasteiger partial charge in [0, 0.05) is 5.02 Å². The van der Waals surface area contributed by atoms with E-state index in [4.69, 9.17) is 20.8 Å². The normalized spacial score (nSPS) is 12.2. The van der Waals surface area contributed by atoms with Gasteiger partial charge in [0.05, 0.1) is 17.0 Å². The minimum absolute atomic E-state index is 0.00610. The second kappa shape index (κ2) is 8.71. The number of nitrogens with one attached hydrogen (secondary N) is 2. The van der Waals surface area contributed by atoms with Crippen LogP contribution >= 0.6 is 11.6 Å². The molecule has 3 rings (SSSR count). The summed E-state index contributed by atoms with van der Waals surface area (Å²) in [6.45, 7) is 6.66. The standard InChI is InChI=1S/C21H22ClN3O5/c1-10(2)16(13-5-7-14(22)8-6-13)21(28)29-9-15(26)23-20-18-17(12(4)30-20)11(3)24-25-19(18)27/h5-8,10,16H,9H2,1-4H3,(H,23,26)(H,25,27). The highest BCUT2D eigenvalue weighted by molar-refractivity contribution is 6.30. The molecular formula is C21H22ClN3O5. The number of anilines is 1. The van der Waals surface area contributed by atoms with Crippen molar-refractivity contribution < 1.29 is 18.7 Å². The number of furan rings is 1. The summed E-state index contributed by atoms with van der Waals surface area (Å²) in [5.41, 5.74) is 0.838. The molecule has 0 saturated carbocycles. The van der Waals surface area contributed by atoms with Gasteiger partial charge in [0.1, 0.15) is 11.1 Å². The Morgan fingerprint density at radius 3 is 2.50 bits per heavy atom. The number of aromatic amines is 1. The average molecular weight is 432 g/mol. The number of nitrogens with zero attached hydrogens (tertiary/aromatic N) is 1. The monoisotopic (exact) mass is 431 g/mol. The Kier molecular flexibility index (Phi) is 6.26. The first-order chi connectivity index (χ1) is 14.2. The summed E-state index contributed by atoms with van der Waals surface area (Å²) in [6, 6.07) is 6.92. The number of hydrogen-bond donors (Lipinski definition) is 2. The molecule has 0 bridgehead atoms. The van der Waals surface area contributed by atoms with Crippen LogP contribution in [-0.2, 0) is 14.3 Å². The number of esters is 1. The summed E-state index contributed by atoms with van der Waals surface area (Å²) in [6.07, 6.45) is 0. The van der Waals surface area contributed by atoms with Crippen LogP contribution in [0.4, 0.5) is 5.88 Å². The predicted octanol–water partition coefficient (Wildman–Crippen LogP) is 3.71. The Morgan fingerprint density at radius 2 is 1.87 bits per heavy atom. The molecule has 9 heteroatoms. The number of halogens is 1. The number of fused-ring (bicyclic) bond motifs is 1. The summed E-state index contributed by atoms with van der Waals surface area (Å²) < 4.78 is 10.8. The molecule has 3 aromatic rings. The molecule has 158 valence electrons. The lowest BCUT2D eigenvalue weighted by Crippen LogP contribution is -2.26. The zero-order chi connectivity index (χ0) is 22.0. The Morgan fingerprint density at radius 1 is 1.20 bits per heavy atom. The van der Waals surface area contributed by atoms with Gasteiger partial charge in [-0.3, -0.25) is 19.7 Å². The van der Waals surface area contributed by atoms with Gasteiger partial charge in [0.2, 0.25) is 5.88 Å². The van der Waals surface area contributed by atoms with Gasteiger partial charge < -0.3 is 9.15 Å². The van der Waals surface area contributed by atoms with Gasteiger partial charge in [-0.25, -0.2) is 5.10 Å². The minimum Gasteiger partial charge on any atom is -0.455 e. The molecule has 2 aromatic heterocycles. The molecule has 0 saturated heterocycles. The van der Waals surface area contributed by atoms with Crippen molar-refractivity contribution in [1.82, 2.24) is 10.2 Å². The fourth-order valence-electron chi connectivity index (χ4n) is 3.38. The number of carbonyl (C=O) groups is 2. The highest BCUT2D eigenvalue weighted by atomic mass is 35.5. The van der Waals surface area contributed by atoms with E-state index in [0.717, 1.165) is 5.56 Å². The highest BCUT2D eigenvalue weighted by Gasteiger charge is 2.27. The first kappa shape index (κ1) is 21.6. The summed E-state index contributed by atoms with van der Waals surface area (Å²) >= 11 is 5.91. The summed E-state index contributed by atoms with van der Waals surface area (Å²) in [7, 11) is 0. The number of amides is 1. The van der Waals surface area contributed by atoms with Crippen molar-refractivity contribution in [2.75, 3.05) is 11.9 Å². The first-order valence-electron chi connectivity index (χ1n) is 9.39. The quantitative estimate of drug-likeness (QED) is 0.575. The molecule has 2 heterocycles. The van der Waals surface area contributed by atoms with Crippen molar-refractivity contribution in [1.29, 1.82) is 0 Å². The van der Waals surface area contributed by atoms with E-state index in [1.54, 1.807) is 38.1 Å². The van der Waals surface area contributed by atoms with E-state index in [-0.39, 0.29) is 17.2 Å². The third-order valence-corrected chi connectivity index (χ3v) is 5.00. The number of carbonyl (C=O) groups excluding carboxylic acids is 2. The van der Waals surface area contributed by atoms with Crippen molar-refractivity contribution in [2.24, 2.45) is 5.92 Å². The number of aromatic nitrogens is 2. The maximum Gasteiger partial charge on any atom is 0.314 e. The lowest BCUT2D eigenvalue weighted by Gasteiger charge is -2.19. The largest absolute Gasteiger partial charge is 0.455 e. The van der Waals surface area contributed by atoms with Crippen molar-refractivity contribution in [3.8, 4) is 0 Å². The Balaban J connectivity index is 1.72. The molecule has 8 nitrogen and oxygen atoms in total. The third-order valence-electron chi connectivity index (χ3n) is 4.75. The Labute approximate surface area is 177 Å². The van der Waals surface area contributed by atoms with Crippen molar-refractivity contribution in [2.45, 2.75) is 33.6 Å². The third kappa shape index (κ3) is 4.38. The van der Waals surface area contributed by atoms with Crippen LogP contribution in [0.15, 0.2) is 33.5 Å². The summed E-state index contributed by atoms with van der Waals surface area (Å²) in [5, 5.41) is 10.1. The maximum absolute atomic E-state index is 12.6. The molecule has 30 heavy (non-hydrogen) atoms. The van der Waals surface area contributed by atoms with E-state index in [9.17, 15) is 14.4 Å². The molecule has 1 atom stereocenters. The lowest BCUT2D eigenvalue weighted by atomic mass is 9.88. The second-order valence-corrected chi connectivity index (χ2v) is 7.74. The van der Waals surface area contributed by atoms with E-state index in [0.29, 0.717) is 21.9 Å². The molecule has 1 unspecified atom stereocenters. The molecule has 0 radical (unpaired) electrons. The van der Waals surface area contributed by atoms with Gasteiger partial charge in [0.25, 0.3) is 11.5 Å². The number of benzene rings is 1. The first-order valence-corrected chi connectivity index (χ1v) is 9.77. The van der Waals surface area contributed by atoms with Crippen molar-refractivity contribution in [3.63, 3.8) is 0 Å². The van der Waals surface area contributed by atoms with Crippen LogP contribution in [0.25, 0.3) is 10.8 Å². The van der Waals surface area contributed by atoms with E-state index in [1.165, 1.54) is 0 Å².